The van der Waals surface area contributed by atoms with E-state index in [-0.39, 0.29) is 62.9 Å². The molecule has 1 N–H and O–H groups in total. The summed E-state index contributed by atoms with van der Waals surface area (Å²) in [5, 5.41) is 19.0. The standard InChI is InChI=1S/C6H6O2.K/c7-5-3-1-2-4-6(5)8;/h1-4,7-8H;/q;+1/p-1. The molecule has 1 aromatic carbocycles. The summed E-state index contributed by atoms with van der Waals surface area (Å²) < 4.78 is 0. The third kappa shape index (κ3) is 2.69. The van der Waals surface area contributed by atoms with Gasteiger partial charge in [0.2, 0.25) is 0 Å². The van der Waals surface area contributed by atoms with Crippen LogP contribution in [0.15, 0.2) is 24.3 Å². The Labute approximate surface area is 95.9 Å². The number of benzene rings is 1. The van der Waals surface area contributed by atoms with Crippen molar-refractivity contribution in [2.75, 3.05) is 0 Å². The Morgan fingerprint density at radius 3 is 2.11 bits per heavy atom. The van der Waals surface area contributed by atoms with Gasteiger partial charge in [-0.1, -0.05) is 23.9 Å². The van der Waals surface area contributed by atoms with Gasteiger partial charge in [-0.2, -0.15) is 0 Å². The van der Waals surface area contributed by atoms with Crippen LogP contribution in [0.2, 0.25) is 0 Å². The first kappa shape index (κ1) is 9.46. The van der Waals surface area contributed by atoms with Gasteiger partial charge in [0.1, 0.15) is 5.75 Å². The van der Waals surface area contributed by atoms with Crippen molar-refractivity contribution in [3.05, 3.63) is 24.3 Å². The Morgan fingerprint density at radius 2 is 1.78 bits per heavy atom. The molecule has 0 saturated heterocycles. The third-order valence-corrected chi connectivity index (χ3v) is 0.865. The van der Waals surface area contributed by atoms with E-state index in [1.807, 2.05) is 0 Å². The van der Waals surface area contributed by atoms with Gasteiger partial charge in [-0.05, 0) is 6.07 Å². The molecule has 0 amide bonds. The Hall–Kier alpha value is 0.456. The maximum absolute atomic E-state index is 10.4. The van der Waals surface area contributed by atoms with Crippen molar-refractivity contribution < 1.29 is 61.6 Å². The zero-order valence-corrected chi connectivity index (χ0v) is 8.29. The Balaban J connectivity index is 0.000000640. The van der Waals surface area contributed by atoms with E-state index >= 15 is 0 Å². The van der Waals surface area contributed by atoms with Crippen molar-refractivity contribution >= 4 is 0 Å². The van der Waals surface area contributed by atoms with Crippen LogP contribution in [0.4, 0.5) is 0 Å². The Bertz CT molecular complexity index is 167. The summed E-state index contributed by atoms with van der Waals surface area (Å²) in [5.41, 5.74) is 0. The second kappa shape index (κ2) is 4.30. The molecule has 0 atom stereocenters. The monoisotopic (exact) mass is 148 g/mol. The minimum absolute atomic E-state index is 0. The normalized spacial score (nSPS) is 8.00. The largest absolute Gasteiger partial charge is 1.00 e. The summed E-state index contributed by atoms with van der Waals surface area (Å²) in [7, 11) is 0. The molecular formula is C6H5KO2. The first-order valence-corrected chi connectivity index (χ1v) is 2.26. The van der Waals surface area contributed by atoms with Gasteiger partial charge in [-0.3, -0.25) is 0 Å². The summed E-state index contributed by atoms with van der Waals surface area (Å²) in [6.07, 6.45) is 0. The molecule has 0 fully saturated rings. The van der Waals surface area contributed by atoms with Crippen molar-refractivity contribution in [1.82, 2.24) is 0 Å². The molecule has 3 heteroatoms. The molecule has 0 bridgehead atoms. The fraction of sp³-hybridized carbons (Fsp3) is 0. The van der Waals surface area contributed by atoms with Crippen molar-refractivity contribution in [3.63, 3.8) is 0 Å². The maximum atomic E-state index is 10.4. The van der Waals surface area contributed by atoms with Gasteiger partial charge < -0.3 is 10.2 Å². The summed E-state index contributed by atoms with van der Waals surface area (Å²) in [6, 6.07) is 5.87. The van der Waals surface area contributed by atoms with Crippen LogP contribution in [0.5, 0.6) is 11.5 Å². The van der Waals surface area contributed by atoms with Gasteiger partial charge in [-0.15, -0.1) is 0 Å². The van der Waals surface area contributed by atoms with Crippen LogP contribution < -0.4 is 56.5 Å². The van der Waals surface area contributed by atoms with Gasteiger partial charge in [0.05, 0.1) is 0 Å². The number of para-hydroxylation sites is 2. The van der Waals surface area contributed by atoms with E-state index in [0.29, 0.717) is 0 Å². The Morgan fingerprint density at radius 1 is 1.22 bits per heavy atom. The predicted molar refractivity (Wildman–Crippen MR) is 27.6 cm³/mol. The van der Waals surface area contributed by atoms with E-state index < -0.39 is 0 Å². The van der Waals surface area contributed by atoms with Crippen LogP contribution in [0.1, 0.15) is 0 Å². The van der Waals surface area contributed by atoms with Crippen LogP contribution in [0, 0.1) is 0 Å². The summed E-state index contributed by atoms with van der Waals surface area (Å²) >= 11 is 0. The molecule has 0 saturated carbocycles. The molecule has 0 unspecified atom stereocenters. The van der Waals surface area contributed by atoms with E-state index in [0.717, 1.165) is 0 Å². The second-order valence-corrected chi connectivity index (χ2v) is 1.47. The Kier molecular flexibility index (Phi) is 4.52. The number of phenols is 1. The topological polar surface area (TPSA) is 43.3 Å². The molecule has 0 aliphatic rings. The van der Waals surface area contributed by atoms with Crippen LogP contribution in [-0.4, -0.2) is 5.11 Å². The minimum Gasteiger partial charge on any atom is -0.870 e. The minimum atomic E-state index is -0.326. The fourth-order valence-electron chi connectivity index (χ4n) is 0.457. The van der Waals surface area contributed by atoms with Gasteiger partial charge in [0.15, 0.2) is 0 Å². The van der Waals surface area contributed by atoms with Gasteiger partial charge >= 0.3 is 51.4 Å². The predicted octanol–water partition coefficient (Wildman–Crippen LogP) is -2.53. The molecule has 0 aromatic heterocycles. The number of rotatable bonds is 0. The van der Waals surface area contributed by atoms with Crippen molar-refractivity contribution in [2.24, 2.45) is 0 Å². The number of phenolic OH excluding ortho intramolecular Hbond substituents is 1. The number of hydrogen-bond acceptors (Lipinski definition) is 2. The molecule has 0 heterocycles. The first-order chi connectivity index (χ1) is 3.80. The fourth-order valence-corrected chi connectivity index (χ4v) is 0.457. The molecule has 2 nitrogen and oxygen atoms in total. The zero-order valence-electron chi connectivity index (χ0n) is 5.16. The van der Waals surface area contributed by atoms with Crippen LogP contribution in [0.3, 0.4) is 0 Å². The summed E-state index contributed by atoms with van der Waals surface area (Å²) in [4.78, 5) is 0. The summed E-state index contributed by atoms with van der Waals surface area (Å²) in [6.45, 7) is 0. The average Bonchev–Trinajstić information content (AvgIpc) is 1.77. The van der Waals surface area contributed by atoms with Crippen LogP contribution >= 0.6 is 0 Å². The van der Waals surface area contributed by atoms with E-state index in [2.05, 4.69) is 0 Å². The molecule has 42 valence electrons. The molecule has 0 radical (unpaired) electrons. The second-order valence-electron chi connectivity index (χ2n) is 1.47. The molecule has 9 heavy (non-hydrogen) atoms. The SMILES string of the molecule is [K+].[O-]c1ccccc1O. The molecule has 0 spiro atoms. The van der Waals surface area contributed by atoms with Gasteiger partial charge in [-0.25, -0.2) is 0 Å². The van der Waals surface area contributed by atoms with Crippen molar-refractivity contribution in [3.8, 4) is 11.5 Å². The molecule has 0 aliphatic carbocycles. The molecule has 0 aliphatic heterocycles. The zero-order chi connectivity index (χ0) is 5.98. The molecule has 1 rings (SSSR count). The van der Waals surface area contributed by atoms with Crippen LogP contribution in [-0.2, 0) is 0 Å². The molecular weight excluding hydrogens is 143 g/mol. The quantitative estimate of drug-likeness (QED) is 0.412. The van der Waals surface area contributed by atoms with E-state index in [1.165, 1.54) is 12.1 Å². The van der Waals surface area contributed by atoms with Crippen LogP contribution in [0.25, 0.3) is 0 Å². The van der Waals surface area contributed by atoms with E-state index in [1.54, 1.807) is 12.1 Å². The smallest absolute Gasteiger partial charge is 0.870 e. The van der Waals surface area contributed by atoms with E-state index in [9.17, 15) is 5.11 Å². The third-order valence-electron chi connectivity index (χ3n) is 0.865. The van der Waals surface area contributed by atoms with Gasteiger partial charge in [0, 0.05) is 0 Å². The first-order valence-electron chi connectivity index (χ1n) is 2.26. The number of hydrogen-bond donors (Lipinski definition) is 1. The average molecular weight is 148 g/mol. The molecule has 1 aromatic rings. The van der Waals surface area contributed by atoms with Gasteiger partial charge in [0.25, 0.3) is 0 Å². The van der Waals surface area contributed by atoms with Crippen molar-refractivity contribution in [1.29, 1.82) is 0 Å². The maximum Gasteiger partial charge on any atom is 1.00 e. The van der Waals surface area contributed by atoms with Crippen molar-refractivity contribution in [2.45, 2.75) is 0 Å². The number of aromatic hydroxyl groups is 1. The summed E-state index contributed by atoms with van der Waals surface area (Å²) in [5.74, 6) is -0.514. The van der Waals surface area contributed by atoms with E-state index in [4.69, 9.17) is 5.11 Å².